The molecule has 2 rings (SSSR count). The standard InChI is InChI=1S/C19H31NO/c1-4-6-9-15(5-2)14-21-19-13-8-10-16-17(19)11-7-12-18(16)20-3/h8,10,13,15,18,20H,4-7,9,11-12,14H2,1-3H3. The van der Waals surface area contributed by atoms with Gasteiger partial charge in [-0.25, -0.2) is 0 Å². The molecule has 1 aliphatic rings. The molecule has 2 unspecified atom stereocenters. The van der Waals surface area contributed by atoms with Gasteiger partial charge in [0, 0.05) is 6.04 Å². The van der Waals surface area contributed by atoms with Gasteiger partial charge in [0.2, 0.25) is 0 Å². The molecule has 1 aliphatic carbocycles. The summed E-state index contributed by atoms with van der Waals surface area (Å²) in [6.45, 7) is 5.41. The number of rotatable bonds is 8. The topological polar surface area (TPSA) is 21.3 Å². The Hall–Kier alpha value is -1.02. The van der Waals surface area contributed by atoms with Gasteiger partial charge in [-0.3, -0.25) is 0 Å². The summed E-state index contributed by atoms with van der Waals surface area (Å²) in [5.41, 5.74) is 2.89. The molecule has 1 N–H and O–H groups in total. The van der Waals surface area contributed by atoms with Crippen LogP contribution in [0.25, 0.3) is 0 Å². The maximum absolute atomic E-state index is 6.22. The summed E-state index contributed by atoms with van der Waals surface area (Å²) in [5.74, 6) is 1.83. The predicted molar refractivity (Wildman–Crippen MR) is 90.0 cm³/mol. The van der Waals surface area contributed by atoms with Crippen molar-refractivity contribution >= 4 is 0 Å². The Morgan fingerprint density at radius 1 is 1.33 bits per heavy atom. The number of unbranched alkanes of at least 4 members (excludes halogenated alkanes) is 1. The van der Waals surface area contributed by atoms with Crippen molar-refractivity contribution in [2.75, 3.05) is 13.7 Å². The van der Waals surface area contributed by atoms with Gasteiger partial charge in [0.05, 0.1) is 6.61 Å². The number of nitrogens with one attached hydrogen (secondary N) is 1. The van der Waals surface area contributed by atoms with Crippen LogP contribution in [0.15, 0.2) is 18.2 Å². The number of fused-ring (bicyclic) bond motifs is 1. The van der Waals surface area contributed by atoms with Crippen LogP contribution in [-0.2, 0) is 6.42 Å². The van der Waals surface area contributed by atoms with E-state index in [1.807, 2.05) is 0 Å². The molecule has 118 valence electrons. The fraction of sp³-hybridized carbons (Fsp3) is 0.684. The summed E-state index contributed by atoms with van der Waals surface area (Å²) in [6.07, 6.45) is 8.76. The summed E-state index contributed by atoms with van der Waals surface area (Å²) < 4.78 is 6.22. The molecule has 0 amide bonds. The highest BCUT2D eigenvalue weighted by molar-refractivity contribution is 5.43. The van der Waals surface area contributed by atoms with E-state index in [9.17, 15) is 0 Å². The van der Waals surface area contributed by atoms with E-state index in [1.165, 1.54) is 49.7 Å². The van der Waals surface area contributed by atoms with Crippen molar-refractivity contribution in [3.63, 3.8) is 0 Å². The molecule has 0 aromatic heterocycles. The van der Waals surface area contributed by atoms with Crippen LogP contribution in [0.4, 0.5) is 0 Å². The predicted octanol–water partition coefficient (Wildman–Crippen LogP) is 4.88. The fourth-order valence-corrected chi connectivity index (χ4v) is 3.36. The summed E-state index contributed by atoms with van der Waals surface area (Å²) in [7, 11) is 2.06. The molecule has 2 nitrogen and oxygen atoms in total. The van der Waals surface area contributed by atoms with Crippen molar-refractivity contribution in [2.45, 2.75) is 64.8 Å². The third-order valence-corrected chi connectivity index (χ3v) is 4.83. The average molecular weight is 289 g/mol. The first-order chi connectivity index (χ1) is 10.3. The molecule has 0 fully saturated rings. The van der Waals surface area contributed by atoms with Gasteiger partial charge < -0.3 is 10.1 Å². The lowest BCUT2D eigenvalue weighted by Gasteiger charge is -2.27. The second-order valence-corrected chi connectivity index (χ2v) is 6.28. The molecule has 0 saturated carbocycles. The molecular weight excluding hydrogens is 258 g/mol. The Morgan fingerprint density at radius 2 is 2.19 bits per heavy atom. The second-order valence-electron chi connectivity index (χ2n) is 6.28. The molecule has 0 heterocycles. The van der Waals surface area contributed by atoms with E-state index < -0.39 is 0 Å². The molecular formula is C19H31NO. The summed E-state index contributed by atoms with van der Waals surface area (Å²) in [4.78, 5) is 0. The number of hydrogen-bond donors (Lipinski definition) is 1. The van der Waals surface area contributed by atoms with E-state index in [0.29, 0.717) is 12.0 Å². The van der Waals surface area contributed by atoms with Crippen LogP contribution in [0.2, 0.25) is 0 Å². The Bertz CT molecular complexity index is 430. The highest BCUT2D eigenvalue weighted by atomic mass is 16.5. The Kier molecular flexibility index (Phi) is 6.56. The smallest absolute Gasteiger partial charge is 0.122 e. The maximum atomic E-state index is 6.22. The lowest BCUT2D eigenvalue weighted by atomic mass is 9.87. The first-order valence-electron chi connectivity index (χ1n) is 8.71. The minimum Gasteiger partial charge on any atom is -0.493 e. The van der Waals surface area contributed by atoms with Crippen LogP contribution in [-0.4, -0.2) is 13.7 Å². The van der Waals surface area contributed by atoms with E-state index in [-0.39, 0.29) is 0 Å². The normalized spacial score (nSPS) is 19.1. The lowest BCUT2D eigenvalue weighted by molar-refractivity contribution is 0.230. The van der Waals surface area contributed by atoms with Crippen LogP contribution in [0.3, 0.4) is 0 Å². The zero-order valence-corrected chi connectivity index (χ0v) is 14.0. The van der Waals surface area contributed by atoms with Crippen LogP contribution in [0.1, 0.15) is 69.5 Å². The van der Waals surface area contributed by atoms with Gasteiger partial charge >= 0.3 is 0 Å². The minimum absolute atomic E-state index is 0.499. The van der Waals surface area contributed by atoms with Gasteiger partial charge in [0.25, 0.3) is 0 Å². The average Bonchev–Trinajstić information content (AvgIpc) is 2.54. The molecule has 2 heteroatoms. The molecule has 2 atom stereocenters. The van der Waals surface area contributed by atoms with Gasteiger partial charge in [-0.05, 0) is 55.8 Å². The summed E-state index contributed by atoms with van der Waals surface area (Å²) in [6, 6.07) is 7.07. The SMILES string of the molecule is CCCCC(CC)COc1cccc2c1CCCC2NC. The van der Waals surface area contributed by atoms with E-state index in [0.717, 1.165) is 18.8 Å². The van der Waals surface area contributed by atoms with Crippen LogP contribution < -0.4 is 10.1 Å². The highest BCUT2D eigenvalue weighted by Gasteiger charge is 2.21. The van der Waals surface area contributed by atoms with Gasteiger partial charge in [0.1, 0.15) is 5.75 Å². The molecule has 0 bridgehead atoms. The number of hydrogen-bond acceptors (Lipinski definition) is 2. The zero-order chi connectivity index (χ0) is 15.1. The third-order valence-electron chi connectivity index (χ3n) is 4.83. The minimum atomic E-state index is 0.499. The highest BCUT2D eigenvalue weighted by Crippen LogP contribution is 2.35. The molecule has 0 saturated heterocycles. The molecule has 1 aromatic carbocycles. The monoisotopic (exact) mass is 289 g/mol. The largest absolute Gasteiger partial charge is 0.493 e. The second kappa shape index (κ2) is 8.43. The maximum Gasteiger partial charge on any atom is 0.122 e. The van der Waals surface area contributed by atoms with Gasteiger partial charge in [-0.1, -0.05) is 45.2 Å². The van der Waals surface area contributed by atoms with E-state index in [2.05, 4.69) is 44.4 Å². The van der Waals surface area contributed by atoms with Crippen LogP contribution >= 0.6 is 0 Å². The molecule has 0 radical (unpaired) electrons. The first kappa shape index (κ1) is 16.4. The summed E-state index contributed by atoms with van der Waals surface area (Å²) in [5, 5.41) is 3.44. The number of benzene rings is 1. The first-order valence-corrected chi connectivity index (χ1v) is 8.71. The van der Waals surface area contributed by atoms with E-state index in [4.69, 9.17) is 4.74 Å². The lowest BCUT2D eigenvalue weighted by Crippen LogP contribution is -2.22. The van der Waals surface area contributed by atoms with Gasteiger partial charge in [0.15, 0.2) is 0 Å². The Labute approximate surface area is 130 Å². The van der Waals surface area contributed by atoms with Crippen molar-refractivity contribution in [2.24, 2.45) is 5.92 Å². The summed E-state index contributed by atoms with van der Waals surface area (Å²) >= 11 is 0. The molecule has 0 aliphatic heterocycles. The molecule has 21 heavy (non-hydrogen) atoms. The van der Waals surface area contributed by atoms with Crippen LogP contribution in [0, 0.1) is 5.92 Å². The van der Waals surface area contributed by atoms with Crippen molar-refractivity contribution in [1.82, 2.24) is 5.32 Å². The van der Waals surface area contributed by atoms with Crippen molar-refractivity contribution in [1.29, 1.82) is 0 Å². The fourth-order valence-electron chi connectivity index (χ4n) is 3.36. The van der Waals surface area contributed by atoms with E-state index >= 15 is 0 Å². The zero-order valence-electron chi connectivity index (χ0n) is 14.0. The number of ether oxygens (including phenoxy) is 1. The van der Waals surface area contributed by atoms with Crippen molar-refractivity contribution < 1.29 is 4.74 Å². The van der Waals surface area contributed by atoms with Crippen molar-refractivity contribution in [3.8, 4) is 5.75 Å². The third kappa shape index (κ3) is 4.23. The molecule has 0 spiro atoms. The van der Waals surface area contributed by atoms with E-state index in [1.54, 1.807) is 0 Å². The van der Waals surface area contributed by atoms with Gasteiger partial charge in [-0.2, -0.15) is 0 Å². The van der Waals surface area contributed by atoms with Crippen LogP contribution in [0.5, 0.6) is 5.75 Å². The Morgan fingerprint density at radius 3 is 2.90 bits per heavy atom. The van der Waals surface area contributed by atoms with Gasteiger partial charge in [-0.15, -0.1) is 0 Å². The Balaban J connectivity index is 2.03. The van der Waals surface area contributed by atoms with Crippen molar-refractivity contribution in [3.05, 3.63) is 29.3 Å². The molecule has 1 aromatic rings. The quantitative estimate of drug-likeness (QED) is 0.736.